The lowest BCUT2D eigenvalue weighted by Crippen LogP contribution is -2.39. The van der Waals surface area contributed by atoms with Gasteiger partial charge in [-0.05, 0) is 40.2 Å². The van der Waals surface area contributed by atoms with Crippen LogP contribution in [0.4, 0.5) is 0 Å². The molecule has 4 heteroatoms. The van der Waals surface area contributed by atoms with E-state index in [4.69, 9.17) is 13.0 Å². The molecule has 16 heavy (non-hydrogen) atoms. The zero-order chi connectivity index (χ0) is 12.8. The molecule has 0 saturated carbocycles. The van der Waals surface area contributed by atoms with E-state index < -0.39 is 11.3 Å². The zero-order valence-corrected chi connectivity index (χ0v) is 11.0. The summed E-state index contributed by atoms with van der Waals surface area (Å²) >= 11 is 0. The highest BCUT2D eigenvalue weighted by Crippen LogP contribution is 2.33. The highest BCUT2D eigenvalue weighted by atomic mass is 16.4. The van der Waals surface area contributed by atoms with Gasteiger partial charge in [0.05, 0.1) is 7.85 Å². The molecule has 0 fully saturated rings. The Bertz CT molecular complexity index is 226. The number of carboxylic acid groups (broad SMARTS) is 1. The molecule has 0 spiro atoms. The van der Waals surface area contributed by atoms with Gasteiger partial charge in [-0.25, -0.2) is 0 Å². The number of hydrogen-bond donors (Lipinski definition) is 2. The molecule has 0 rings (SSSR count). The fourth-order valence-electron chi connectivity index (χ4n) is 1.49. The van der Waals surface area contributed by atoms with E-state index in [1.165, 1.54) is 0 Å². The second kappa shape index (κ2) is 6.28. The molecule has 0 aromatic carbocycles. The molecule has 0 aromatic heterocycles. The first-order valence-electron chi connectivity index (χ1n) is 5.98. The summed E-state index contributed by atoms with van der Waals surface area (Å²) in [5.41, 5.74) is 0.00414. The lowest BCUT2D eigenvalue weighted by Gasteiger charge is -2.28. The van der Waals surface area contributed by atoms with Gasteiger partial charge in [0, 0.05) is 10.9 Å². The fraction of sp³-hybridized carbons (Fsp3) is 0.917. The fourth-order valence-corrected chi connectivity index (χ4v) is 1.49. The van der Waals surface area contributed by atoms with Gasteiger partial charge in [0.15, 0.2) is 0 Å². The Morgan fingerprint density at radius 1 is 1.31 bits per heavy atom. The van der Waals surface area contributed by atoms with Crippen molar-refractivity contribution in [2.45, 2.75) is 64.2 Å². The standard InChI is InChI=1S/C12H24BNO2/c1-5-6-7-12(13,10(15)16)8-9-14-11(2,3)4/h14H,5-9H2,1-4H3,(H,15,16). The quantitative estimate of drug-likeness (QED) is 0.654. The van der Waals surface area contributed by atoms with E-state index in [1.54, 1.807) is 0 Å². The number of rotatable bonds is 7. The Kier molecular flexibility index (Phi) is 6.09. The first-order chi connectivity index (χ1) is 7.21. The van der Waals surface area contributed by atoms with Crippen LogP contribution in [0.5, 0.6) is 0 Å². The molecule has 0 aliphatic heterocycles. The lowest BCUT2D eigenvalue weighted by molar-refractivity contribution is -0.141. The van der Waals surface area contributed by atoms with Gasteiger partial charge >= 0.3 is 5.97 Å². The number of carbonyl (C=O) groups is 1. The third-order valence-corrected chi connectivity index (χ3v) is 2.63. The Balaban J connectivity index is 4.18. The average Bonchev–Trinajstić information content (AvgIpc) is 2.12. The molecule has 0 aliphatic rings. The Labute approximate surface area is 100 Å². The van der Waals surface area contributed by atoms with E-state index in [-0.39, 0.29) is 5.54 Å². The van der Waals surface area contributed by atoms with Crippen LogP contribution in [0.2, 0.25) is 5.31 Å². The van der Waals surface area contributed by atoms with Crippen LogP contribution in [0.1, 0.15) is 53.4 Å². The van der Waals surface area contributed by atoms with Crippen molar-refractivity contribution in [3.63, 3.8) is 0 Å². The highest BCUT2D eigenvalue weighted by molar-refractivity contribution is 6.26. The molecule has 0 saturated heterocycles. The first-order valence-corrected chi connectivity index (χ1v) is 5.98. The molecule has 0 heterocycles. The summed E-state index contributed by atoms with van der Waals surface area (Å²) in [5.74, 6) is -0.892. The van der Waals surface area contributed by atoms with E-state index >= 15 is 0 Å². The second-order valence-electron chi connectivity index (χ2n) is 5.49. The molecule has 0 amide bonds. The zero-order valence-electron chi connectivity index (χ0n) is 11.0. The summed E-state index contributed by atoms with van der Waals surface area (Å²) in [7, 11) is 5.92. The minimum atomic E-state index is -1.08. The Morgan fingerprint density at radius 2 is 1.88 bits per heavy atom. The summed E-state index contributed by atoms with van der Waals surface area (Å²) in [5, 5.41) is 11.3. The van der Waals surface area contributed by atoms with Crippen LogP contribution in [0.15, 0.2) is 0 Å². The van der Waals surface area contributed by atoms with Crippen molar-refractivity contribution in [3.8, 4) is 0 Å². The van der Waals surface area contributed by atoms with E-state index in [2.05, 4.69) is 26.1 Å². The maximum Gasteiger partial charge on any atom is 0.300 e. The first kappa shape index (κ1) is 15.5. The van der Waals surface area contributed by atoms with Crippen LogP contribution in [0.25, 0.3) is 0 Å². The number of unbranched alkanes of at least 4 members (excludes halogenated alkanes) is 1. The largest absolute Gasteiger partial charge is 0.481 e. The van der Waals surface area contributed by atoms with E-state index in [1.807, 2.05) is 6.92 Å². The third kappa shape index (κ3) is 6.16. The molecular weight excluding hydrogens is 201 g/mol. The van der Waals surface area contributed by atoms with E-state index in [0.717, 1.165) is 12.8 Å². The molecule has 0 aliphatic carbocycles. The van der Waals surface area contributed by atoms with Gasteiger partial charge in [0.2, 0.25) is 0 Å². The van der Waals surface area contributed by atoms with Gasteiger partial charge in [-0.2, -0.15) is 0 Å². The highest BCUT2D eigenvalue weighted by Gasteiger charge is 2.31. The molecule has 2 radical (unpaired) electrons. The number of hydrogen-bond acceptors (Lipinski definition) is 2. The molecule has 92 valence electrons. The van der Waals surface area contributed by atoms with Crippen LogP contribution >= 0.6 is 0 Å². The van der Waals surface area contributed by atoms with Gasteiger partial charge in [0.1, 0.15) is 0 Å². The van der Waals surface area contributed by atoms with Crippen molar-refractivity contribution in [1.82, 2.24) is 5.32 Å². The second-order valence-corrected chi connectivity index (χ2v) is 5.49. The lowest BCUT2D eigenvalue weighted by atomic mass is 9.63. The van der Waals surface area contributed by atoms with Crippen molar-refractivity contribution in [2.75, 3.05) is 6.54 Å². The molecule has 1 atom stereocenters. The topological polar surface area (TPSA) is 49.3 Å². The molecule has 0 aromatic rings. The average molecular weight is 225 g/mol. The van der Waals surface area contributed by atoms with Crippen LogP contribution in [0, 0.1) is 0 Å². The minimum Gasteiger partial charge on any atom is -0.481 e. The SMILES string of the molecule is [B]C(CCCC)(CCNC(C)(C)C)C(=O)O. The number of nitrogens with one attached hydrogen (secondary N) is 1. The molecule has 1 unspecified atom stereocenters. The van der Waals surface area contributed by atoms with Crippen LogP contribution < -0.4 is 5.32 Å². The summed E-state index contributed by atoms with van der Waals surface area (Å²) in [6.45, 7) is 8.83. The third-order valence-electron chi connectivity index (χ3n) is 2.63. The molecular formula is C12H24BNO2. The Hall–Kier alpha value is -0.505. The van der Waals surface area contributed by atoms with Gasteiger partial charge in [-0.15, -0.1) is 0 Å². The maximum atomic E-state index is 11.1. The van der Waals surface area contributed by atoms with Crippen LogP contribution in [-0.4, -0.2) is 31.0 Å². The Morgan fingerprint density at radius 3 is 2.25 bits per heavy atom. The van der Waals surface area contributed by atoms with Gasteiger partial charge in [-0.3, -0.25) is 4.79 Å². The molecule has 0 bridgehead atoms. The van der Waals surface area contributed by atoms with E-state index in [0.29, 0.717) is 19.4 Å². The number of aliphatic carboxylic acids is 1. The van der Waals surface area contributed by atoms with E-state index in [9.17, 15) is 4.79 Å². The predicted octanol–water partition coefficient (Wildman–Crippen LogP) is 2.37. The van der Waals surface area contributed by atoms with Crippen molar-refractivity contribution >= 4 is 13.8 Å². The van der Waals surface area contributed by atoms with Crippen molar-refractivity contribution < 1.29 is 9.90 Å². The number of carboxylic acids is 1. The van der Waals surface area contributed by atoms with Crippen LogP contribution in [-0.2, 0) is 4.79 Å². The predicted molar refractivity (Wildman–Crippen MR) is 68.0 cm³/mol. The monoisotopic (exact) mass is 225 g/mol. The van der Waals surface area contributed by atoms with Crippen molar-refractivity contribution in [2.24, 2.45) is 0 Å². The van der Waals surface area contributed by atoms with Crippen molar-refractivity contribution in [3.05, 3.63) is 0 Å². The summed E-state index contributed by atoms with van der Waals surface area (Å²) in [6, 6.07) is 0. The maximum absolute atomic E-state index is 11.1. The van der Waals surface area contributed by atoms with Gasteiger partial charge < -0.3 is 10.4 Å². The molecule has 2 N–H and O–H groups in total. The van der Waals surface area contributed by atoms with Gasteiger partial charge in [-0.1, -0.05) is 19.8 Å². The summed E-state index contributed by atoms with van der Waals surface area (Å²) < 4.78 is 0. The minimum absolute atomic E-state index is 0.00414. The van der Waals surface area contributed by atoms with Gasteiger partial charge in [0.25, 0.3) is 0 Å². The summed E-state index contributed by atoms with van der Waals surface area (Å²) in [4.78, 5) is 11.1. The smallest absolute Gasteiger partial charge is 0.300 e. The van der Waals surface area contributed by atoms with Crippen molar-refractivity contribution in [1.29, 1.82) is 0 Å². The molecule has 3 nitrogen and oxygen atoms in total. The van der Waals surface area contributed by atoms with Crippen LogP contribution in [0.3, 0.4) is 0 Å². The summed E-state index contributed by atoms with van der Waals surface area (Å²) in [6.07, 6.45) is 2.85. The normalized spacial score (nSPS) is 15.8.